The summed E-state index contributed by atoms with van der Waals surface area (Å²) in [6, 6.07) is 20.7. The molecule has 13 heteroatoms. The van der Waals surface area contributed by atoms with Gasteiger partial charge in [0.05, 0.1) is 17.2 Å². The van der Waals surface area contributed by atoms with Crippen LogP contribution in [0.25, 0.3) is 0 Å². The Hall–Kier alpha value is -4.62. The van der Waals surface area contributed by atoms with E-state index in [1.807, 2.05) is 20.8 Å². The van der Waals surface area contributed by atoms with Crippen LogP contribution >= 0.6 is 0 Å². The molecule has 246 valence electrons. The minimum Gasteiger partial charge on any atom is -0.444 e. The standard InChI is InChI=1S/C33H40N4O8S/c1-33(2,3)44-32(41)36-20-18-24(19-21-36)22-34-31(40)29(23-38)35-30(39)25-14-16-28(17-15-25)46(42,43)37(26-10-6-4-7-11-26)45-27-12-8-5-9-13-27/h4-17,24,29,38H,18-23H2,1-3H3,(H,34,40)(H,35,39). The number of ether oxygens (including phenoxy) is 1. The molecular formula is C33H40N4O8S. The van der Waals surface area contributed by atoms with Crippen molar-refractivity contribution >= 4 is 33.6 Å². The zero-order chi connectivity index (χ0) is 33.3. The number of aliphatic hydroxyl groups excluding tert-OH is 1. The van der Waals surface area contributed by atoms with E-state index >= 15 is 0 Å². The summed E-state index contributed by atoms with van der Waals surface area (Å²) < 4.78 is 33.5. The van der Waals surface area contributed by atoms with Gasteiger partial charge in [-0.1, -0.05) is 40.9 Å². The van der Waals surface area contributed by atoms with E-state index in [0.29, 0.717) is 38.2 Å². The van der Waals surface area contributed by atoms with Crippen molar-refractivity contribution in [3.63, 3.8) is 0 Å². The smallest absolute Gasteiger partial charge is 0.410 e. The van der Waals surface area contributed by atoms with Crippen LogP contribution < -0.4 is 19.9 Å². The van der Waals surface area contributed by atoms with Crippen LogP contribution in [-0.2, 0) is 19.6 Å². The molecule has 4 rings (SSSR count). The zero-order valence-electron chi connectivity index (χ0n) is 26.1. The number of nitrogens with one attached hydrogen (secondary N) is 2. The molecule has 1 atom stereocenters. The highest BCUT2D eigenvalue weighted by Gasteiger charge is 2.30. The van der Waals surface area contributed by atoms with Gasteiger partial charge in [-0.2, -0.15) is 8.42 Å². The molecular weight excluding hydrogens is 612 g/mol. The Balaban J connectivity index is 1.34. The molecule has 1 saturated heterocycles. The van der Waals surface area contributed by atoms with Gasteiger partial charge in [0.2, 0.25) is 5.91 Å². The number of aliphatic hydroxyl groups is 1. The van der Waals surface area contributed by atoms with Crippen LogP contribution in [0.2, 0.25) is 0 Å². The number of sulfonamides is 1. The number of hydrogen-bond acceptors (Lipinski definition) is 8. The van der Waals surface area contributed by atoms with Gasteiger partial charge in [-0.25, -0.2) is 4.79 Å². The van der Waals surface area contributed by atoms with E-state index in [-0.39, 0.29) is 28.2 Å². The summed E-state index contributed by atoms with van der Waals surface area (Å²) in [4.78, 5) is 45.3. The summed E-state index contributed by atoms with van der Waals surface area (Å²) in [5, 5.41) is 15.1. The average Bonchev–Trinajstić information content (AvgIpc) is 3.05. The molecule has 3 amide bonds. The first-order valence-electron chi connectivity index (χ1n) is 15.0. The summed E-state index contributed by atoms with van der Waals surface area (Å²) >= 11 is 0. The molecule has 0 bridgehead atoms. The third kappa shape index (κ3) is 9.21. The number of amides is 3. The number of hydrogen-bond donors (Lipinski definition) is 3. The van der Waals surface area contributed by atoms with Gasteiger partial charge < -0.3 is 30.2 Å². The molecule has 1 heterocycles. The van der Waals surface area contributed by atoms with Crippen molar-refractivity contribution in [1.29, 1.82) is 0 Å². The molecule has 1 aliphatic rings. The van der Waals surface area contributed by atoms with Gasteiger partial charge in [-0.3, -0.25) is 9.59 Å². The second-order valence-electron chi connectivity index (χ2n) is 11.9. The Morgan fingerprint density at radius 2 is 1.52 bits per heavy atom. The summed E-state index contributed by atoms with van der Waals surface area (Å²) in [7, 11) is -4.22. The minimum absolute atomic E-state index is 0.0925. The van der Waals surface area contributed by atoms with Crippen molar-refractivity contribution in [3.8, 4) is 5.75 Å². The lowest BCUT2D eigenvalue weighted by Crippen LogP contribution is -2.50. The predicted molar refractivity (Wildman–Crippen MR) is 171 cm³/mol. The fraction of sp³-hybridized carbons (Fsp3) is 0.364. The molecule has 46 heavy (non-hydrogen) atoms. The second kappa shape index (κ2) is 15.1. The molecule has 0 aromatic heterocycles. The maximum atomic E-state index is 13.6. The molecule has 0 aliphatic carbocycles. The predicted octanol–water partition coefficient (Wildman–Crippen LogP) is 3.73. The van der Waals surface area contributed by atoms with Crippen LogP contribution in [-0.4, -0.2) is 74.2 Å². The summed E-state index contributed by atoms with van der Waals surface area (Å²) in [6.07, 6.45) is 0.976. The number of nitrogens with zero attached hydrogens (tertiary/aromatic N) is 2. The van der Waals surface area contributed by atoms with E-state index in [1.165, 1.54) is 24.3 Å². The highest BCUT2D eigenvalue weighted by molar-refractivity contribution is 7.92. The molecule has 3 aromatic carbocycles. The van der Waals surface area contributed by atoms with E-state index in [2.05, 4.69) is 10.6 Å². The number of likely N-dealkylation sites (tertiary alicyclic amines) is 1. The van der Waals surface area contributed by atoms with Crippen molar-refractivity contribution < 1.29 is 37.5 Å². The molecule has 1 unspecified atom stereocenters. The Labute approximate surface area is 269 Å². The molecule has 0 radical (unpaired) electrons. The molecule has 0 saturated carbocycles. The first-order valence-corrected chi connectivity index (χ1v) is 16.4. The SMILES string of the molecule is CC(C)(C)OC(=O)N1CCC(CNC(=O)C(CO)NC(=O)c2ccc(S(=O)(=O)N(Oc3ccccc3)c3ccccc3)cc2)CC1. The Kier molecular flexibility index (Phi) is 11.3. The van der Waals surface area contributed by atoms with E-state index in [4.69, 9.17) is 9.57 Å². The van der Waals surface area contributed by atoms with E-state index in [0.717, 1.165) is 4.47 Å². The average molecular weight is 653 g/mol. The normalized spacial score (nSPS) is 14.6. The fourth-order valence-electron chi connectivity index (χ4n) is 4.69. The third-order valence-electron chi connectivity index (χ3n) is 7.17. The van der Waals surface area contributed by atoms with Gasteiger partial charge in [0.15, 0.2) is 5.75 Å². The van der Waals surface area contributed by atoms with Crippen LogP contribution in [0.15, 0.2) is 89.8 Å². The van der Waals surface area contributed by atoms with Crippen molar-refractivity contribution in [1.82, 2.24) is 15.5 Å². The van der Waals surface area contributed by atoms with Gasteiger partial charge in [-0.05, 0) is 88.1 Å². The van der Waals surface area contributed by atoms with Crippen LogP contribution in [0.1, 0.15) is 44.0 Å². The lowest BCUT2D eigenvalue weighted by atomic mass is 9.97. The van der Waals surface area contributed by atoms with Gasteiger partial charge in [-0.15, -0.1) is 0 Å². The number of rotatable bonds is 11. The number of carbonyl (C=O) groups is 3. The third-order valence-corrected chi connectivity index (χ3v) is 8.76. The molecule has 0 spiro atoms. The highest BCUT2D eigenvalue weighted by Crippen LogP contribution is 2.26. The summed E-state index contributed by atoms with van der Waals surface area (Å²) in [5.41, 5.74) is -0.208. The lowest BCUT2D eigenvalue weighted by molar-refractivity contribution is -0.124. The van der Waals surface area contributed by atoms with E-state index < -0.39 is 40.1 Å². The van der Waals surface area contributed by atoms with Crippen molar-refractivity contribution in [2.24, 2.45) is 5.92 Å². The van der Waals surface area contributed by atoms with Gasteiger partial charge in [0, 0.05) is 25.2 Å². The van der Waals surface area contributed by atoms with Crippen LogP contribution in [0.5, 0.6) is 5.75 Å². The zero-order valence-corrected chi connectivity index (χ0v) is 26.9. The maximum Gasteiger partial charge on any atom is 0.410 e. The largest absolute Gasteiger partial charge is 0.444 e. The number of para-hydroxylation sites is 2. The highest BCUT2D eigenvalue weighted by atomic mass is 32.2. The number of anilines is 1. The molecule has 1 fully saturated rings. The minimum atomic E-state index is -4.22. The van der Waals surface area contributed by atoms with E-state index in [9.17, 15) is 27.9 Å². The maximum absolute atomic E-state index is 13.6. The quantitative estimate of drug-likeness (QED) is 0.265. The molecule has 3 aromatic rings. The first-order chi connectivity index (χ1) is 21.9. The number of carbonyl (C=O) groups excluding carboxylic acids is 3. The molecule has 12 nitrogen and oxygen atoms in total. The fourth-order valence-corrected chi connectivity index (χ4v) is 5.95. The Morgan fingerprint density at radius 3 is 2.09 bits per heavy atom. The van der Waals surface area contributed by atoms with Crippen LogP contribution in [0.3, 0.4) is 0 Å². The number of benzene rings is 3. The number of piperidine rings is 1. The topological polar surface area (TPSA) is 155 Å². The van der Waals surface area contributed by atoms with Gasteiger partial charge in [0.25, 0.3) is 15.9 Å². The van der Waals surface area contributed by atoms with Crippen LogP contribution in [0, 0.1) is 5.92 Å². The second-order valence-corrected chi connectivity index (χ2v) is 13.6. The van der Waals surface area contributed by atoms with Crippen molar-refractivity contribution in [2.75, 3.05) is 30.7 Å². The van der Waals surface area contributed by atoms with Gasteiger partial charge in [0.1, 0.15) is 11.6 Å². The first kappa shape index (κ1) is 34.3. The molecule has 1 aliphatic heterocycles. The van der Waals surface area contributed by atoms with Gasteiger partial charge >= 0.3 is 6.09 Å². The van der Waals surface area contributed by atoms with Crippen molar-refractivity contribution in [3.05, 3.63) is 90.5 Å². The van der Waals surface area contributed by atoms with E-state index in [1.54, 1.807) is 65.6 Å². The molecule has 3 N–H and O–H groups in total. The summed E-state index contributed by atoms with van der Waals surface area (Å²) in [6.45, 7) is 6.13. The lowest BCUT2D eigenvalue weighted by Gasteiger charge is -2.33. The monoisotopic (exact) mass is 652 g/mol. The summed E-state index contributed by atoms with van der Waals surface area (Å²) in [5.74, 6) is -0.788. The Morgan fingerprint density at radius 1 is 0.935 bits per heavy atom. The van der Waals surface area contributed by atoms with Crippen molar-refractivity contribution in [2.45, 2.75) is 50.2 Å². The van der Waals surface area contributed by atoms with Crippen LogP contribution in [0.4, 0.5) is 10.5 Å². The Bertz CT molecular complexity index is 1570.